The fraction of sp³-hybridized carbons (Fsp3) is 0.526. The Labute approximate surface area is 188 Å². The Balaban J connectivity index is 0.00000280. The number of nitrogens with one attached hydrogen (secondary N) is 1. The molecule has 0 bridgehead atoms. The summed E-state index contributed by atoms with van der Waals surface area (Å²) in [6, 6.07) is 4.08. The van der Waals surface area contributed by atoms with Crippen molar-refractivity contribution < 1.29 is 4.74 Å². The number of anilines is 1. The number of thiazole rings is 1. The van der Waals surface area contributed by atoms with Crippen LogP contribution in [0.25, 0.3) is 0 Å². The Morgan fingerprint density at radius 1 is 1.39 bits per heavy atom. The van der Waals surface area contributed by atoms with Crippen LogP contribution in [0.5, 0.6) is 0 Å². The van der Waals surface area contributed by atoms with Crippen molar-refractivity contribution in [2.24, 2.45) is 4.99 Å². The summed E-state index contributed by atoms with van der Waals surface area (Å²) < 4.78 is 5.46. The zero-order chi connectivity index (χ0) is 19.1. The van der Waals surface area contributed by atoms with Gasteiger partial charge in [0.25, 0.3) is 0 Å². The third kappa shape index (κ3) is 6.28. The first kappa shape index (κ1) is 22.8. The molecule has 0 aromatic carbocycles. The summed E-state index contributed by atoms with van der Waals surface area (Å²) >= 11 is 1.68. The molecule has 0 unspecified atom stereocenters. The van der Waals surface area contributed by atoms with E-state index in [0.29, 0.717) is 6.54 Å². The zero-order valence-corrected chi connectivity index (χ0v) is 19.9. The van der Waals surface area contributed by atoms with Crippen molar-refractivity contribution in [1.29, 1.82) is 0 Å². The minimum atomic E-state index is 0. The van der Waals surface area contributed by atoms with Crippen molar-refractivity contribution in [3.8, 4) is 0 Å². The van der Waals surface area contributed by atoms with Crippen molar-refractivity contribution in [2.75, 3.05) is 44.8 Å². The van der Waals surface area contributed by atoms with Crippen LogP contribution in [0.15, 0.2) is 28.7 Å². The Bertz CT molecular complexity index is 762. The number of hydrogen-bond donors (Lipinski definition) is 1. The zero-order valence-electron chi connectivity index (χ0n) is 16.7. The first-order valence-corrected chi connectivity index (χ1v) is 10.2. The second kappa shape index (κ2) is 11.5. The Kier molecular flexibility index (Phi) is 9.39. The maximum absolute atomic E-state index is 5.46. The van der Waals surface area contributed by atoms with Gasteiger partial charge in [-0.2, -0.15) is 0 Å². The van der Waals surface area contributed by atoms with E-state index < -0.39 is 0 Å². The van der Waals surface area contributed by atoms with E-state index >= 15 is 0 Å². The molecule has 0 atom stereocenters. The van der Waals surface area contributed by atoms with E-state index in [4.69, 9.17) is 9.73 Å². The summed E-state index contributed by atoms with van der Waals surface area (Å²) in [5.74, 6) is 1.89. The highest BCUT2D eigenvalue weighted by atomic mass is 127. The van der Waals surface area contributed by atoms with E-state index in [-0.39, 0.29) is 24.0 Å². The molecule has 1 aliphatic heterocycles. The van der Waals surface area contributed by atoms with Gasteiger partial charge in [-0.3, -0.25) is 0 Å². The summed E-state index contributed by atoms with van der Waals surface area (Å²) in [5.41, 5.74) is 2.20. The molecule has 1 N–H and O–H groups in total. The van der Waals surface area contributed by atoms with Gasteiger partial charge in [-0.15, -0.1) is 35.3 Å². The van der Waals surface area contributed by atoms with Gasteiger partial charge in [0.15, 0.2) is 5.96 Å². The van der Waals surface area contributed by atoms with Gasteiger partial charge in [0, 0.05) is 43.8 Å². The van der Waals surface area contributed by atoms with E-state index in [0.717, 1.165) is 67.4 Å². The van der Waals surface area contributed by atoms with Crippen molar-refractivity contribution in [3.05, 3.63) is 40.0 Å². The van der Waals surface area contributed by atoms with Gasteiger partial charge in [-0.1, -0.05) is 6.07 Å². The van der Waals surface area contributed by atoms with Gasteiger partial charge in [-0.25, -0.2) is 15.0 Å². The largest absolute Gasteiger partial charge is 0.378 e. The monoisotopic (exact) mass is 516 g/mol. The second-order valence-corrected chi connectivity index (χ2v) is 7.53. The van der Waals surface area contributed by atoms with Crippen LogP contribution in [-0.2, 0) is 17.8 Å². The van der Waals surface area contributed by atoms with E-state index in [1.54, 1.807) is 11.3 Å². The summed E-state index contributed by atoms with van der Waals surface area (Å²) in [4.78, 5) is 18.4. The molecule has 0 amide bonds. The molecule has 0 radical (unpaired) electrons. The standard InChI is InChI=1S/C19H28N6OS.HI/c1-4-20-19(24(3)13-17-14-27-15(2)23-17)22-12-16-6-5-7-21-18(16)25-8-10-26-11-9-25;/h5-7,14H,4,8-13H2,1-3H3,(H,20,22);1H. The average Bonchev–Trinajstić information content (AvgIpc) is 3.10. The summed E-state index contributed by atoms with van der Waals surface area (Å²) in [5, 5.41) is 6.57. The first-order valence-electron chi connectivity index (χ1n) is 9.34. The molecule has 1 saturated heterocycles. The average molecular weight is 516 g/mol. The van der Waals surface area contributed by atoms with Crippen LogP contribution in [0.2, 0.25) is 0 Å². The summed E-state index contributed by atoms with van der Waals surface area (Å²) in [6.07, 6.45) is 1.85. The van der Waals surface area contributed by atoms with E-state index in [1.807, 2.05) is 26.2 Å². The van der Waals surface area contributed by atoms with Gasteiger partial charge in [-0.05, 0) is 19.9 Å². The Morgan fingerprint density at radius 3 is 2.86 bits per heavy atom. The Morgan fingerprint density at radius 2 is 2.18 bits per heavy atom. The molecular weight excluding hydrogens is 487 g/mol. The van der Waals surface area contributed by atoms with Gasteiger partial charge in [0.2, 0.25) is 0 Å². The molecule has 1 aliphatic rings. The molecule has 0 spiro atoms. The van der Waals surface area contributed by atoms with Crippen LogP contribution < -0.4 is 10.2 Å². The lowest BCUT2D eigenvalue weighted by Gasteiger charge is -2.29. The molecular formula is C19H29IN6OS. The van der Waals surface area contributed by atoms with E-state index in [2.05, 4.69) is 43.5 Å². The summed E-state index contributed by atoms with van der Waals surface area (Å²) in [7, 11) is 2.04. The molecule has 0 saturated carbocycles. The lowest BCUT2D eigenvalue weighted by Crippen LogP contribution is -2.39. The number of ether oxygens (including phenoxy) is 1. The molecule has 3 heterocycles. The third-order valence-corrected chi connectivity index (χ3v) is 5.16. The second-order valence-electron chi connectivity index (χ2n) is 6.47. The van der Waals surface area contributed by atoms with Crippen molar-refractivity contribution >= 4 is 47.1 Å². The van der Waals surface area contributed by atoms with E-state index in [1.165, 1.54) is 0 Å². The highest BCUT2D eigenvalue weighted by Gasteiger charge is 2.16. The highest BCUT2D eigenvalue weighted by Crippen LogP contribution is 2.19. The normalized spacial score (nSPS) is 14.5. The van der Waals surface area contributed by atoms with Crippen molar-refractivity contribution in [2.45, 2.75) is 26.9 Å². The number of aryl methyl sites for hydroxylation is 1. The maximum atomic E-state index is 5.46. The first-order chi connectivity index (χ1) is 13.2. The number of aliphatic imine (C=N–C) groups is 1. The van der Waals surface area contributed by atoms with Crippen LogP contribution in [0.3, 0.4) is 0 Å². The molecule has 154 valence electrons. The van der Waals surface area contributed by atoms with Gasteiger partial charge < -0.3 is 19.9 Å². The Hall–Kier alpha value is -1.46. The highest BCUT2D eigenvalue weighted by molar-refractivity contribution is 14.0. The molecule has 0 aliphatic carbocycles. The smallest absolute Gasteiger partial charge is 0.194 e. The molecule has 7 nitrogen and oxygen atoms in total. The number of rotatable bonds is 6. The molecule has 9 heteroatoms. The van der Waals surface area contributed by atoms with Gasteiger partial charge in [0.05, 0.1) is 37.0 Å². The van der Waals surface area contributed by atoms with Crippen molar-refractivity contribution in [1.82, 2.24) is 20.2 Å². The number of hydrogen-bond acceptors (Lipinski definition) is 6. The van der Waals surface area contributed by atoms with Crippen LogP contribution in [0, 0.1) is 6.92 Å². The maximum Gasteiger partial charge on any atom is 0.194 e. The minimum Gasteiger partial charge on any atom is -0.378 e. The molecule has 2 aromatic rings. The van der Waals surface area contributed by atoms with Gasteiger partial charge in [0.1, 0.15) is 5.82 Å². The lowest BCUT2D eigenvalue weighted by atomic mass is 10.2. The molecule has 2 aromatic heterocycles. The van der Waals surface area contributed by atoms with Crippen LogP contribution in [0.4, 0.5) is 5.82 Å². The number of guanidine groups is 1. The number of halogens is 1. The predicted molar refractivity (Wildman–Crippen MR) is 126 cm³/mol. The molecule has 1 fully saturated rings. The topological polar surface area (TPSA) is 65.9 Å². The fourth-order valence-electron chi connectivity index (χ4n) is 3.04. The predicted octanol–water partition coefficient (Wildman–Crippen LogP) is 2.90. The lowest BCUT2D eigenvalue weighted by molar-refractivity contribution is 0.122. The minimum absolute atomic E-state index is 0. The quantitative estimate of drug-likeness (QED) is 0.362. The third-order valence-electron chi connectivity index (χ3n) is 4.34. The van der Waals surface area contributed by atoms with Crippen LogP contribution in [-0.4, -0.2) is 60.7 Å². The molecule has 3 rings (SSSR count). The van der Waals surface area contributed by atoms with Crippen LogP contribution >= 0.6 is 35.3 Å². The number of nitrogens with zero attached hydrogens (tertiary/aromatic N) is 5. The number of morpholine rings is 1. The molecule has 28 heavy (non-hydrogen) atoms. The van der Waals surface area contributed by atoms with Crippen LogP contribution in [0.1, 0.15) is 23.2 Å². The number of aromatic nitrogens is 2. The van der Waals surface area contributed by atoms with Gasteiger partial charge >= 0.3 is 0 Å². The van der Waals surface area contributed by atoms with Crippen molar-refractivity contribution in [3.63, 3.8) is 0 Å². The number of pyridine rings is 1. The van der Waals surface area contributed by atoms with E-state index in [9.17, 15) is 0 Å². The SMILES string of the molecule is CCNC(=NCc1cccnc1N1CCOCC1)N(C)Cc1csc(C)n1.I. The fourth-order valence-corrected chi connectivity index (χ4v) is 3.65. The summed E-state index contributed by atoms with van der Waals surface area (Å²) in [6.45, 7) is 9.50.